The van der Waals surface area contributed by atoms with Gasteiger partial charge in [0.05, 0.1) is 25.0 Å². The number of benzene rings is 3. The van der Waals surface area contributed by atoms with Crippen molar-refractivity contribution in [3.63, 3.8) is 0 Å². The van der Waals surface area contributed by atoms with Gasteiger partial charge in [0.15, 0.2) is 0 Å². The first-order chi connectivity index (χ1) is 17.9. The van der Waals surface area contributed by atoms with Crippen LogP contribution < -0.4 is 14.2 Å². The van der Waals surface area contributed by atoms with Crippen LogP contribution in [0.15, 0.2) is 87.5 Å². The normalized spacial score (nSPS) is 12.7. The number of nitrogens with zero attached hydrogens (tertiary/aromatic N) is 2. The molecule has 0 saturated heterocycles. The van der Waals surface area contributed by atoms with Crippen LogP contribution in [-0.4, -0.2) is 54.8 Å². The van der Waals surface area contributed by atoms with Crippen LogP contribution >= 0.6 is 10.3 Å². The average molecular weight is 576 g/mol. The molecule has 1 N–H and O–H groups in total. The van der Waals surface area contributed by atoms with Crippen molar-refractivity contribution in [2.75, 3.05) is 44.2 Å². The van der Waals surface area contributed by atoms with Crippen LogP contribution in [0.25, 0.3) is 0 Å². The molecule has 0 aromatic heterocycles. The van der Waals surface area contributed by atoms with E-state index in [0.29, 0.717) is 0 Å². The van der Waals surface area contributed by atoms with Crippen molar-refractivity contribution in [3.05, 3.63) is 72.8 Å². The van der Waals surface area contributed by atoms with E-state index in [0.717, 1.165) is 49.9 Å². The van der Waals surface area contributed by atoms with E-state index in [9.17, 15) is 8.42 Å². The zero-order valence-electron chi connectivity index (χ0n) is 23.9. The van der Waals surface area contributed by atoms with Crippen LogP contribution in [0, 0.1) is 0 Å². The molecule has 0 bridgehead atoms. The van der Waals surface area contributed by atoms with Crippen molar-refractivity contribution in [2.24, 2.45) is 0 Å². The summed E-state index contributed by atoms with van der Waals surface area (Å²) in [5.41, 5.74) is 2.07. The summed E-state index contributed by atoms with van der Waals surface area (Å²) >= 11 is 0. The first-order valence-electron chi connectivity index (χ1n) is 13.0. The zero-order valence-corrected chi connectivity index (χ0v) is 26.6. The largest absolute Gasteiger partial charge is 0.544 e. The van der Waals surface area contributed by atoms with E-state index in [-0.39, 0.29) is 0 Å². The van der Waals surface area contributed by atoms with E-state index >= 15 is 0 Å². The molecule has 0 radical (unpaired) electrons. The molecule has 3 rings (SSSR count). The number of hydrogen-bond acceptors (Lipinski definition) is 5. The second-order valence-corrected chi connectivity index (χ2v) is 19.3. The number of anilines is 2. The fourth-order valence-electron chi connectivity index (χ4n) is 4.54. The van der Waals surface area contributed by atoms with Gasteiger partial charge >= 0.3 is 10.1 Å². The highest BCUT2D eigenvalue weighted by Crippen LogP contribution is 2.68. The maximum absolute atomic E-state index is 12.9. The average Bonchev–Trinajstić information content (AvgIpc) is 2.90. The second-order valence-electron chi connectivity index (χ2n) is 9.98. The molecular formula is C29H43N2O4S2Si+. The van der Waals surface area contributed by atoms with Gasteiger partial charge in [0, 0.05) is 39.6 Å². The Morgan fingerprint density at radius 3 is 1.29 bits per heavy atom. The van der Waals surface area contributed by atoms with Crippen LogP contribution in [0.3, 0.4) is 0 Å². The van der Waals surface area contributed by atoms with Gasteiger partial charge in [-0.1, -0.05) is 20.8 Å². The van der Waals surface area contributed by atoms with Gasteiger partial charge in [-0.05, 0) is 90.9 Å². The Kier molecular flexibility index (Phi) is 9.62. The summed E-state index contributed by atoms with van der Waals surface area (Å²) in [5, 5.41) is 0. The van der Waals surface area contributed by atoms with Gasteiger partial charge in [-0.2, -0.15) is 8.42 Å². The maximum atomic E-state index is 12.9. The topological polar surface area (TPSA) is 62.7 Å². The summed E-state index contributed by atoms with van der Waals surface area (Å²) in [6.07, 6.45) is 1.18. The molecular weight excluding hydrogens is 533 g/mol. The molecule has 0 spiro atoms. The van der Waals surface area contributed by atoms with Gasteiger partial charge in [0.25, 0.3) is 0 Å². The van der Waals surface area contributed by atoms with E-state index < -0.39 is 28.7 Å². The van der Waals surface area contributed by atoms with E-state index in [1.54, 1.807) is 0 Å². The summed E-state index contributed by atoms with van der Waals surface area (Å²) in [6.45, 7) is 6.63. The number of hydrogen-bond donors (Lipinski definition) is 0. The Hall–Kier alpha value is -2.46. The van der Waals surface area contributed by atoms with Gasteiger partial charge in [-0.15, -0.1) is 0 Å². The first-order valence-corrected chi connectivity index (χ1v) is 19.0. The second kappa shape index (κ2) is 12.2. The van der Waals surface area contributed by atoms with E-state index in [1.807, 2.05) is 111 Å². The Morgan fingerprint density at radius 2 is 1.00 bits per heavy atom. The summed E-state index contributed by atoms with van der Waals surface area (Å²) in [7, 11) is -0.105. The Balaban J connectivity index is 2.25. The monoisotopic (exact) mass is 575 g/mol. The van der Waals surface area contributed by atoms with Crippen LogP contribution in [0.2, 0.25) is 18.1 Å². The van der Waals surface area contributed by atoms with Crippen molar-refractivity contribution in [1.29, 1.82) is 0 Å². The van der Waals surface area contributed by atoms with E-state index in [1.165, 1.54) is 6.26 Å². The van der Waals surface area contributed by atoms with Crippen molar-refractivity contribution >= 4 is 40.1 Å². The smallest absolute Gasteiger partial charge is 0.387 e. The summed E-state index contributed by atoms with van der Waals surface area (Å²) in [4.78, 5) is 6.62. The third-order valence-corrected chi connectivity index (χ3v) is 16.4. The van der Waals surface area contributed by atoms with Crippen molar-refractivity contribution in [3.8, 4) is 5.75 Å². The molecule has 0 unspecified atom stereocenters. The quantitative estimate of drug-likeness (QED) is 0.127. The van der Waals surface area contributed by atoms with Crippen LogP contribution in [0.4, 0.5) is 11.4 Å². The fourth-order valence-corrected chi connectivity index (χ4v) is 12.2. The van der Waals surface area contributed by atoms with E-state index in [2.05, 4.69) is 24.4 Å². The predicted octanol–water partition coefficient (Wildman–Crippen LogP) is 7.45. The minimum Gasteiger partial charge on any atom is -0.544 e. The first kappa shape index (κ1) is 30.1. The van der Waals surface area contributed by atoms with Gasteiger partial charge in [0.1, 0.15) is 12.0 Å². The lowest BCUT2D eigenvalue weighted by Crippen LogP contribution is -2.39. The SMILES string of the molecule is CC[Si](CC)(CC)Oc1ccc(S([OH+]S(C)(=O)=O)(c2ccc(N(C)C)cc2)c2ccc(N(C)C)cc2)cc1. The third-order valence-electron chi connectivity index (χ3n) is 7.07. The molecule has 0 saturated carbocycles. The molecule has 0 heterocycles. The maximum Gasteiger partial charge on any atom is 0.387 e. The zero-order chi connectivity index (χ0) is 28.1. The molecule has 3 aromatic rings. The van der Waals surface area contributed by atoms with Gasteiger partial charge in [-0.25, -0.2) is 0 Å². The lowest BCUT2D eigenvalue weighted by Gasteiger charge is -2.35. The molecule has 0 fully saturated rings. The Bertz CT molecular complexity index is 1230. The molecule has 3 aromatic carbocycles. The van der Waals surface area contributed by atoms with Gasteiger partial charge in [-0.3, -0.25) is 3.63 Å². The minimum absolute atomic E-state index is 0.838. The molecule has 38 heavy (non-hydrogen) atoms. The highest BCUT2D eigenvalue weighted by Gasteiger charge is 2.42. The molecule has 0 aliphatic carbocycles. The lowest BCUT2D eigenvalue weighted by molar-refractivity contribution is 0.392. The van der Waals surface area contributed by atoms with E-state index in [4.69, 9.17) is 4.43 Å². The van der Waals surface area contributed by atoms with Crippen LogP contribution in [-0.2, 0) is 10.1 Å². The van der Waals surface area contributed by atoms with Gasteiger partial charge < -0.3 is 14.2 Å². The number of rotatable bonds is 12. The minimum atomic E-state index is -3.71. The van der Waals surface area contributed by atoms with Crippen LogP contribution in [0.5, 0.6) is 5.75 Å². The molecule has 0 amide bonds. The Labute approximate surface area is 232 Å². The summed E-state index contributed by atoms with van der Waals surface area (Å²) in [5.74, 6) is 0.838. The highest BCUT2D eigenvalue weighted by atomic mass is 32.3. The molecule has 208 valence electrons. The lowest BCUT2D eigenvalue weighted by atomic mass is 10.3. The summed E-state index contributed by atoms with van der Waals surface area (Å²) < 4.78 is 37.1. The standard InChI is InChI=1S/C29H42N2O4S2Si/c1-9-38(10-2,11-3)34-26-16-22-29(23-17-26)37(35-36(8,32)33,27-18-12-24(13-19-27)30(4)5)28-20-14-25(15-21-28)31(6)7/h12-23H,9-11H2,1-8H3/p+1. The Morgan fingerprint density at radius 1 is 0.658 bits per heavy atom. The third kappa shape index (κ3) is 6.57. The molecule has 9 heteroatoms. The molecule has 6 nitrogen and oxygen atoms in total. The van der Waals surface area contributed by atoms with Crippen LogP contribution in [0.1, 0.15) is 20.8 Å². The van der Waals surface area contributed by atoms with Crippen molar-refractivity contribution in [2.45, 2.75) is 53.6 Å². The van der Waals surface area contributed by atoms with Gasteiger partial charge in [0.2, 0.25) is 8.32 Å². The fraction of sp³-hybridized carbons (Fsp3) is 0.379. The van der Waals surface area contributed by atoms with Crippen molar-refractivity contribution < 1.29 is 16.5 Å². The molecule has 0 aliphatic heterocycles. The molecule has 0 aliphatic rings. The van der Waals surface area contributed by atoms with Crippen molar-refractivity contribution in [1.82, 2.24) is 0 Å². The summed E-state index contributed by atoms with van der Waals surface area (Å²) in [6, 6.07) is 27.2. The highest BCUT2D eigenvalue weighted by molar-refractivity contribution is 8.32. The molecule has 0 atom stereocenters. The predicted molar refractivity (Wildman–Crippen MR) is 166 cm³/mol.